The Hall–Kier alpha value is -2.81. The number of likely N-dealkylation sites (tertiary alicyclic amines) is 1. The molecule has 2 N–H and O–H groups in total. The van der Waals surface area contributed by atoms with Crippen LogP contribution in [0, 0.1) is 0 Å². The van der Waals surface area contributed by atoms with Crippen LogP contribution in [-0.2, 0) is 22.7 Å². The molecule has 0 saturated carbocycles. The summed E-state index contributed by atoms with van der Waals surface area (Å²) in [4.78, 5) is 31.0. The van der Waals surface area contributed by atoms with E-state index in [4.69, 9.17) is 27.9 Å². The summed E-state index contributed by atoms with van der Waals surface area (Å²) in [6.45, 7) is 1.82. The number of hydrogen-bond donors (Lipinski definition) is 2. The summed E-state index contributed by atoms with van der Waals surface area (Å²) >= 11 is 12.1. The number of nitrogens with zero attached hydrogens (tertiary/aromatic N) is 2. The summed E-state index contributed by atoms with van der Waals surface area (Å²) in [6.07, 6.45) is 1.38. The fraction of sp³-hybridized carbons (Fsp3) is 0.310. The van der Waals surface area contributed by atoms with Gasteiger partial charge in [0, 0.05) is 25.6 Å². The van der Waals surface area contributed by atoms with Crippen molar-refractivity contribution in [3.05, 3.63) is 104 Å². The third kappa shape index (κ3) is 7.04. The van der Waals surface area contributed by atoms with Gasteiger partial charge < -0.3 is 14.6 Å². The van der Waals surface area contributed by atoms with E-state index in [1.807, 2.05) is 58.0 Å². The van der Waals surface area contributed by atoms with Gasteiger partial charge in [0.05, 0.1) is 46.9 Å². The topological polar surface area (TPSA) is 79.4 Å². The number of nitrogens with one attached hydrogen (secondary N) is 2. The first-order chi connectivity index (χ1) is 18.5. The molecule has 5 rings (SSSR count). The number of H-pyrrole nitrogens is 1. The fourth-order valence-corrected chi connectivity index (χ4v) is 5.38. The van der Waals surface area contributed by atoms with Crippen LogP contribution in [0.4, 0.5) is 0 Å². The molecular formula is C29H31Cl3N4O3. The molecule has 0 aliphatic carbocycles. The molecule has 1 aliphatic rings. The van der Waals surface area contributed by atoms with Crippen molar-refractivity contribution in [2.75, 3.05) is 13.2 Å². The van der Waals surface area contributed by atoms with Gasteiger partial charge in [0.1, 0.15) is 0 Å². The zero-order valence-electron chi connectivity index (χ0n) is 21.3. The number of aromatic nitrogens is 2. The first-order valence-electron chi connectivity index (χ1n) is 12.8. The zero-order valence-corrected chi connectivity index (χ0v) is 23.6. The number of halogens is 3. The molecule has 0 radical (unpaired) electrons. The largest absolute Gasteiger partial charge is 0.376 e. The van der Waals surface area contributed by atoms with E-state index in [-0.39, 0.29) is 42.6 Å². The van der Waals surface area contributed by atoms with Crippen LogP contribution in [0.5, 0.6) is 0 Å². The van der Waals surface area contributed by atoms with Crippen LogP contribution in [-0.4, -0.2) is 39.7 Å². The molecule has 0 bridgehead atoms. The van der Waals surface area contributed by atoms with Crippen molar-refractivity contribution >= 4 is 52.5 Å². The Morgan fingerprint density at radius 3 is 2.56 bits per heavy atom. The molecule has 7 nitrogen and oxygen atoms in total. The van der Waals surface area contributed by atoms with E-state index in [0.29, 0.717) is 49.2 Å². The number of carbonyl (C=O) groups is 1. The summed E-state index contributed by atoms with van der Waals surface area (Å²) in [6, 6.07) is 23.2. The SMILES string of the molecule is Cl.O=C(CCOCc1ccc(Cl)c(Cl)c1)N1CCC(n2c(=O)[nH]c3ccccc32)CC1NCc1ccccc1. The van der Waals surface area contributed by atoms with Gasteiger partial charge >= 0.3 is 5.69 Å². The monoisotopic (exact) mass is 588 g/mol. The van der Waals surface area contributed by atoms with Crippen LogP contribution in [0.1, 0.15) is 36.4 Å². The minimum absolute atomic E-state index is 0. The molecule has 3 aromatic carbocycles. The smallest absolute Gasteiger partial charge is 0.326 e. The van der Waals surface area contributed by atoms with Gasteiger partial charge in [0.25, 0.3) is 0 Å². The van der Waals surface area contributed by atoms with E-state index < -0.39 is 0 Å². The molecular weight excluding hydrogens is 559 g/mol. The van der Waals surface area contributed by atoms with Gasteiger partial charge in [0.15, 0.2) is 0 Å². The van der Waals surface area contributed by atoms with Crippen molar-refractivity contribution in [2.24, 2.45) is 0 Å². The molecule has 206 valence electrons. The van der Waals surface area contributed by atoms with Crippen molar-refractivity contribution in [1.82, 2.24) is 19.8 Å². The second kappa shape index (κ2) is 13.5. The highest BCUT2D eigenvalue weighted by molar-refractivity contribution is 6.42. The van der Waals surface area contributed by atoms with Crippen LogP contribution in [0.3, 0.4) is 0 Å². The third-order valence-corrected chi connectivity index (χ3v) is 7.72. The molecule has 2 atom stereocenters. The molecule has 0 spiro atoms. The highest BCUT2D eigenvalue weighted by Gasteiger charge is 2.33. The maximum absolute atomic E-state index is 13.3. The molecule has 2 heterocycles. The van der Waals surface area contributed by atoms with Gasteiger partial charge in [-0.2, -0.15) is 0 Å². The standard InChI is InChI=1S/C29H30Cl2N4O3.ClH/c30-23-11-10-21(16-24(23)31)19-38-15-13-28(36)34-14-12-22(17-27(34)32-18-20-6-2-1-3-7-20)35-26-9-5-4-8-25(26)33-29(35)37;/h1-11,16,22,27,32H,12-15,17-19H2,(H,33,37);1H. The van der Waals surface area contributed by atoms with Crippen molar-refractivity contribution in [3.63, 3.8) is 0 Å². The Balaban J connectivity index is 0.00000353. The number of rotatable bonds is 9. The molecule has 1 saturated heterocycles. The Bertz CT molecular complexity index is 1460. The lowest BCUT2D eigenvalue weighted by atomic mass is 10.00. The highest BCUT2D eigenvalue weighted by atomic mass is 35.5. The number of amides is 1. The molecule has 1 aliphatic heterocycles. The minimum atomic E-state index is -0.211. The van der Waals surface area contributed by atoms with Gasteiger partial charge in [-0.1, -0.05) is 71.7 Å². The van der Waals surface area contributed by atoms with Crippen molar-refractivity contribution in [2.45, 2.75) is 44.6 Å². The quantitative estimate of drug-likeness (QED) is 0.237. The van der Waals surface area contributed by atoms with Crippen molar-refractivity contribution in [3.8, 4) is 0 Å². The summed E-state index contributed by atoms with van der Waals surface area (Å²) in [5, 5.41) is 4.55. The maximum atomic E-state index is 13.3. The molecule has 2 unspecified atom stereocenters. The lowest BCUT2D eigenvalue weighted by molar-refractivity contribution is -0.137. The third-order valence-electron chi connectivity index (χ3n) is 6.98. The number of hydrogen-bond acceptors (Lipinski definition) is 4. The molecule has 1 amide bonds. The Morgan fingerprint density at radius 1 is 1.00 bits per heavy atom. The van der Waals surface area contributed by atoms with E-state index in [9.17, 15) is 9.59 Å². The van der Waals surface area contributed by atoms with Crippen LogP contribution < -0.4 is 11.0 Å². The second-order valence-electron chi connectivity index (χ2n) is 9.52. The summed E-state index contributed by atoms with van der Waals surface area (Å²) in [5.41, 5.74) is 3.63. The highest BCUT2D eigenvalue weighted by Crippen LogP contribution is 2.29. The summed E-state index contributed by atoms with van der Waals surface area (Å²) in [5.74, 6) is 0.0226. The number of para-hydroxylation sites is 2. The first-order valence-corrected chi connectivity index (χ1v) is 13.5. The average Bonchev–Trinajstić information content (AvgIpc) is 3.27. The molecule has 10 heteroatoms. The van der Waals surface area contributed by atoms with E-state index in [1.54, 1.807) is 12.1 Å². The van der Waals surface area contributed by atoms with Gasteiger partial charge in [0.2, 0.25) is 5.91 Å². The number of ether oxygens (including phenoxy) is 1. The van der Waals surface area contributed by atoms with Crippen LogP contribution in [0.25, 0.3) is 11.0 Å². The Kier molecular flexibility index (Phi) is 10.1. The van der Waals surface area contributed by atoms with Gasteiger partial charge in [-0.15, -0.1) is 12.4 Å². The molecule has 1 fully saturated rings. The van der Waals surface area contributed by atoms with E-state index in [1.165, 1.54) is 0 Å². The van der Waals surface area contributed by atoms with Crippen molar-refractivity contribution < 1.29 is 9.53 Å². The lowest BCUT2D eigenvalue weighted by Gasteiger charge is -2.40. The Morgan fingerprint density at radius 2 is 1.77 bits per heavy atom. The van der Waals surface area contributed by atoms with Crippen LogP contribution >= 0.6 is 35.6 Å². The Labute approximate surface area is 243 Å². The first kappa shape index (κ1) is 29.2. The van der Waals surface area contributed by atoms with Gasteiger partial charge in [-0.3, -0.25) is 14.7 Å². The molecule has 4 aromatic rings. The molecule has 1 aromatic heterocycles. The number of aromatic amines is 1. The number of piperidine rings is 1. The van der Waals surface area contributed by atoms with Gasteiger partial charge in [-0.25, -0.2) is 4.79 Å². The average molecular weight is 590 g/mol. The van der Waals surface area contributed by atoms with E-state index in [2.05, 4.69) is 22.4 Å². The number of fused-ring (bicyclic) bond motifs is 1. The number of benzene rings is 3. The van der Waals surface area contributed by atoms with E-state index >= 15 is 0 Å². The van der Waals surface area contributed by atoms with Crippen LogP contribution in [0.15, 0.2) is 77.6 Å². The number of carbonyl (C=O) groups excluding carboxylic acids is 1. The van der Waals surface area contributed by atoms with Crippen molar-refractivity contribution in [1.29, 1.82) is 0 Å². The maximum Gasteiger partial charge on any atom is 0.326 e. The minimum Gasteiger partial charge on any atom is -0.376 e. The summed E-state index contributed by atoms with van der Waals surface area (Å²) < 4.78 is 7.61. The van der Waals surface area contributed by atoms with Gasteiger partial charge in [-0.05, 0) is 41.8 Å². The second-order valence-corrected chi connectivity index (χ2v) is 10.3. The predicted octanol–water partition coefficient (Wildman–Crippen LogP) is 5.94. The lowest BCUT2D eigenvalue weighted by Crippen LogP contribution is -2.54. The zero-order chi connectivity index (χ0) is 26.5. The summed E-state index contributed by atoms with van der Waals surface area (Å²) in [7, 11) is 0. The fourth-order valence-electron chi connectivity index (χ4n) is 5.06. The van der Waals surface area contributed by atoms with E-state index in [0.717, 1.165) is 22.2 Å². The van der Waals surface area contributed by atoms with Crippen LogP contribution in [0.2, 0.25) is 10.0 Å². The normalized spacial score (nSPS) is 17.2. The predicted molar refractivity (Wildman–Crippen MR) is 158 cm³/mol. The number of imidazole rings is 1. The molecule has 39 heavy (non-hydrogen) atoms.